The maximum atomic E-state index is 10.3. The van der Waals surface area contributed by atoms with Gasteiger partial charge in [0, 0.05) is 45.4 Å². The topological polar surface area (TPSA) is 83.4 Å². The summed E-state index contributed by atoms with van der Waals surface area (Å²) in [6, 6.07) is 5.68. The van der Waals surface area contributed by atoms with Crippen LogP contribution in [-0.2, 0) is 11.3 Å². The molecule has 0 aliphatic carbocycles. The summed E-state index contributed by atoms with van der Waals surface area (Å²) < 4.78 is 16.7. The number of likely N-dealkylation sites (tertiary alicyclic amines) is 1. The van der Waals surface area contributed by atoms with E-state index in [1.54, 1.807) is 14.2 Å². The number of methoxy groups -OCH3 is 2. The fraction of sp³-hybridized carbons (Fsp3) is 0.714. The number of β-amino-alcohol motifs (C(OH)–C–C–N with tert-alkyl or cyclic N) is 1. The van der Waals surface area contributed by atoms with Crippen molar-refractivity contribution in [3.05, 3.63) is 23.8 Å². The highest BCUT2D eigenvalue weighted by Gasteiger charge is 2.20. The molecular weight excluding hydrogens is 360 g/mol. The van der Waals surface area contributed by atoms with Gasteiger partial charge in [-0.3, -0.25) is 0 Å². The number of aliphatic hydroxyl groups excluding tert-OH is 2. The Kier molecular flexibility index (Phi) is 8.98. The predicted molar refractivity (Wildman–Crippen MR) is 109 cm³/mol. The molecule has 7 heteroatoms. The first-order chi connectivity index (χ1) is 13.3. The van der Waals surface area contributed by atoms with Gasteiger partial charge in [0.1, 0.15) is 24.2 Å². The minimum Gasteiger partial charge on any atom is -0.497 e. The van der Waals surface area contributed by atoms with Crippen LogP contribution in [0.4, 0.5) is 0 Å². The van der Waals surface area contributed by atoms with Crippen LogP contribution >= 0.6 is 0 Å². The third-order valence-corrected chi connectivity index (χ3v) is 5.14. The van der Waals surface area contributed by atoms with E-state index in [1.165, 1.54) is 0 Å². The van der Waals surface area contributed by atoms with Crippen molar-refractivity contribution in [3.8, 4) is 11.5 Å². The SMILES string of the molecule is COc1ccc(OC[C@@H](O)CN2CCC(O)CC2)c(CNCC(C)(C)OC)c1. The van der Waals surface area contributed by atoms with Crippen LogP contribution in [0.25, 0.3) is 0 Å². The van der Waals surface area contributed by atoms with Crippen molar-refractivity contribution in [3.63, 3.8) is 0 Å². The van der Waals surface area contributed by atoms with Crippen LogP contribution in [0.5, 0.6) is 11.5 Å². The van der Waals surface area contributed by atoms with Gasteiger partial charge in [-0.05, 0) is 44.9 Å². The average Bonchev–Trinajstić information content (AvgIpc) is 2.68. The highest BCUT2D eigenvalue weighted by atomic mass is 16.5. The van der Waals surface area contributed by atoms with E-state index in [0.29, 0.717) is 19.6 Å². The van der Waals surface area contributed by atoms with Crippen molar-refractivity contribution in [2.45, 2.75) is 51.0 Å². The Bertz CT molecular complexity index is 588. The molecule has 0 saturated carbocycles. The number of ether oxygens (including phenoxy) is 3. The molecule has 7 nitrogen and oxygen atoms in total. The van der Waals surface area contributed by atoms with Crippen LogP contribution in [0.2, 0.25) is 0 Å². The molecule has 1 aliphatic heterocycles. The molecule has 0 aromatic heterocycles. The Labute approximate surface area is 168 Å². The normalized spacial score (nSPS) is 17.5. The first-order valence-corrected chi connectivity index (χ1v) is 9.97. The van der Waals surface area contributed by atoms with E-state index >= 15 is 0 Å². The highest BCUT2D eigenvalue weighted by Crippen LogP contribution is 2.24. The predicted octanol–water partition coefficient (Wildman–Crippen LogP) is 1.41. The van der Waals surface area contributed by atoms with Gasteiger partial charge in [-0.25, -0.2) is 0 Å². The molecule has 1 fully saturated rings. The number of nitrogens with zero attached hydrogens (tertiary/aromatic N) is 1. The maximum absolute atomic E-state index is 10.3. The minimum atomic E-state index is -0.578. The van der Waals surface area contributed by atoms with Gasteiger partial charge >= 0.3 is 0 Å². The number of hydrogen-bond donors (Lipinski definition) is 3. The van der Waals surface area contributed by atoms with Crippen molar-refractivity contribution in [2.24, 2.45) is 0 Å². The van der Waals surface area contributed by atoms with E-state index in [1.807, 2.05) is 32.0 Å². The Morgan fingerprint density at radius 3 is 2.61 bits per heavy atom. The van der Waals surface area contributed by atoms with Crippen molar-refractivity contribution < 1.29 is 24.4 Å². The number of piperidine rings is 1. The van der Waals surface area contributed by atoms with Gasteiger partial charge in [0.05, 0.1) is 18.8 Å². The molecule has 1 aliphatic rings. The fourth-order valence-corrected chi connectivity index (χ4v) is 3.17. The molecule has 3 N–H and O–H groups in total. The zero-order valence-electron chi connectivity index (χ0n) is 17.6. The molecular formula is C21H36N2O5. The third-order valence-electron chi connectivity index (χ3n) is 5.14. The van der Waals surface area contributed by atoms with Gasteiger partial charge in [-0.1, -0.05) is 0 Å². The monoisotopic (exact) mass is 396 g/mol. The summed E-state index contributed by atoms with van der Waals surface area (Å²) >= 11 is 0. The molecule has 1 atom stereocenters. The number of rotatable bonds is 11. The standard InChI is InChI=1S/C21H36N2O5/c1-21(2,27-4)15-22-12-16-11-19(26-3)5-6-20(16)28-14-18(25)13-23-9-7-17(24)8-10-23/h5-6,11,17-18,22,24-25H,7-10,12-15H2,1-4H3/t18-/m0/s1. The number of nitrogens with one attached hydrogen (secondary N) is 1. The zero-order valence-corrected chi connectivity index (χ0v) is 17.6. The van der Waals surface area contributed by atoms with Crippen LogP contribution < -0.4 is 14.8 Å². The summed E-state index contributed by atoms with van der Waals surface area (Å²) in [4.78, 5) is 2.17. The smallest absolute Gasteiger partial charge is 0.124 e. The van der Waals surface area contributed by atoms with Crippen molar-refractivity contribution >= 4 is 0 Å². The molecule has 0 radical (unpaired) electrons. The van der Waals surface area contributed by atoms with Crippen LogP contribution in [0.15, 0.2) is 18.2 Å². The van der Waals surface area contributed by atoms with Crippen molar-refractivity contribution in [2.75, 3.05) is 47.0 Å². The van der Waals surface area contributed by atoms with E-state index in [9.17, 15) is 10.2 Å². The van der Waals surface area contributed by atoms with Gasteiger partial charge in [-0.2, -0.15) is 0 Å². The van der Waals surface area contributed by atoms with Gasteiger partial charge in [0.2, 0.25) is 0 Å². The van der Waals surface area contributed by atoms with Crippen LogP contribution in [-0.4, -0.2) is 79.9 Å². The average molecular weight is 397 g/mol. The first kappa shape index (κ1) is 22.9. The molecule has 1 saturated heterocycles. The largest absolute Gasteiger partial charge is 0.497 e. The first-order valence-electron chi connectivity index (χ1n) is 9.97. The molecule has 1 aromatic rings. The quantitative estimate of drug-likeness (QED) is 0.522. The molecule has 2 rings (SSSR count). The Morgan fingerprint density at radius 1 is 1.25 bits per heavy atom. The maximum Gasteiger partial charge on any atom is 0.124 e. The summed E-state index contributed by atoms with van der Waals surface area (Å²) in [5, 5.41) is 23.3. The Morgan fingerprint density at radius 2 is 1.96 bits per heavy atom. The van der Waals surface area contributed by atoms with E-state index in [-0.39, 0.29) is 18.3 Å². The second-order valence-electron chi connectivity index (χ2n) is 8.04. The summed E-state index contributed by atoms with van der Waals surface area (Å²) in [6.07, 6.45) is 0.743. The molecule has 0 spiro atoms. The van der Waals surface area contributed by atoms with E-state index in [0.717, 1.165) is 43.0 Å². The fourth-order valence-electron chi connectivity index (χ4n) is 3.17. The lowest BCUT2D eigenvalue weighted by Gasteiger charge is -2.31. The summed E-state index contributed by atoms with van der Waals surface area (Å²) in [5.74, 6) is 1.50. The lowest BCUT2D eigenvalue weighted by molar-refractivity contribution is 0.0229. The van der Waals surface area contributed by atoms with Gasteiger partial charge in [0.15, 0.2) is 0 Å². The number of benzene rings is 1. The number of hydrogen-bond acceptors (Lipinski definition) is 7. The van der Waals surface area contributed by atoms with E-state index < -0.39 is 6.10 Å². The molecule has 0 bridgehead atoms. The summed E-state index contributed by atoms with van der Waals surface area (Å²) in [7, 11) is 3.34. The molecule has 1 heterocycles. The molecule has 28 heavy (non-hydrogen) atoms. The molecule has 0 amide bonds. The van der Waals surface area contributed by atoms with Crippen LogP contribution in [0, 0.1) is 0 Å². The minimum absolute atomic E-state index is 0.206. The van der Waals surface area contributed by atoms with E-state index in [4.69, 9.17) is 14.2 Å². The van der Waals surface area contributed by atoms with Crippen LogP contribution in [0.3, 0.4) is 0 Å². The second kappa shape index (κ2) is 11.0. The molecule has 160 valence electrons. The van der Waals surface area contributed by atoms with E-state index in [2.05, 4.69) is 10.2 Å². The van der Waals surface area contributed by atoms with Crippen molar-refractivity contribution in [1.29, 1.82) is 0 Å². The summed E-state index contributed by atoms with van der Waals surface area (Å²) in [5.41, 5.74) is 0.720. The second-order valence-corrected chi connectivity index (χ2v) is 8.04. The van der Waals surface area contributed by atoms with Gasteiger partial charge in [-0.15, -0.1) is 0 Å². The van der Waals surface area contributed by atoms with Gasteiger partial charge in [0.25, 0.3) is 0 Å². The van der Waals surface area contributed by atoms with Crippen molar-refractivity contribution in [1.82, 2.24) is 10.2 Å². The van der Waals surface area contributed by atoms with Gasteiger partial charge < -0.3 is 34.6 Å². The van der Waals surface area contributed by atoms with Crippen LogP contribution in [0.1, 0.15) is 32.3 Å². The lowest BCUT2D eigenvalue weighted by atomic mass is 10.1. The molecule has 1 aromatic carbocycles. The Balaban J connectivity index is 1.88. The lowest BCUT2D eigenvalue weighted by Crippen LogP contribution is -2.41. The zero-order chi connectivity index (χ0) is 20.6. The summed E-state index contributed by atoms with van der Waals surface area (Å²) in [6.45, 7) is 7.76. The number of aliphatic hydroxyl groups is 2. The molecule has 0 unspecified atom stereocenters. The Hall–Kier alpha value is -1.38. The highest BCUT2D eigenvalue weighted by molar-refractivity contribution is 5.40. The third kappa shape index (κ3) is 7.56.